The number of rotatable bonds is 3. The van der Waals surface area contributed by atoms with Crippen LogP contribution in [0.25, 0.3) is 0 Å². The largest absolute Gasteiger partial charge is 0.311 e. The van der Waals surface area contributed by atoms with Crippen LogP contribution in [-0.2, 0) is 6.42 Å². The van der Waals surface area contributed by atoms with Crippen LogP contribution in [0.2, 0.25) is 5.02 Å². The van der Waals surface area contributed by atoms with E-state index in [0.29, 0.717) is 5.54 Å². The molecule has 18 heavy (non-hydrogen) atoms. The van der Waals surface area contributed by atoms with E-state index in [-0.39, 0.29) is 0 Å². The Balaban J connectivity index is 1.81. The van der Waals surface area contributed by atoms with E-state index in [4.69, 9.17) is 11.6 Å². The molecule has 1 atom stereocenters. The molecule has 2 fully saturated rings. The molecule has 2 aliphatic rings. The third-order valence-electron chi connectivity index (χ3n) is 4.54. The summed E-state index contributed by atoms with van der Waals surface area (Å²) in [6.45, 7) is 1.19. The highest BCUT2D eigenvalue weighted by Gasteiger charge is 2.44. The van der Waals surface area contributed by atoms with Crippen LogP contribution in [0.4, 0.5) is 0 Å². The molecule has 0 radical (unpaired) electrons. The van der Waals surface area contributed by atoms with Crippen molar-refractivity contribution in [1.82, 2.24) is 5.32 Å². The van der Waals surface area contributed by atoms with Crippen molar-refractivity contribution in [2.24, 2.45) is 5.92 Å². The van der Waals surface area contributed by atoms with E-state index < -0.39 is 0 Å². The minimum atomic E-state index is 0.362. The molecule has 3 rings (SSSR count). The van der Waals surface area contributed by atoms with Crippen LogP contribution < -0.4 is 5.32 Å². The number of hydrogen-bond acceptors (Lipinski definition) is 1. The zero-order valence-electron chi connectivity index (χ0n) is 10.9. The van der Waals surface area contributed by atoms with Crippen LogP contribution in [0.3, 0.4) is 0 Å². The second-order valence-corrected chi connectivity index (χ2v) is 6.41. The van der Waals surface area contributed by atoms with Gasteiger partial charge in [-0.25, -0.2) is 0 Å². The van der Waals surface area contributed by atoms with Crippen molar-refractivity contribution in [2.75, 3.05) is 6.54 Å². The van der Waals surface area contributed by atoms with Crippen LogP contribution >= 0.6 is 11.6 Å². The van der Waals surface area contributed by atoms with Crippen LogP contribution in [0.15, 0.2) is 24.3 Å². The summed E-state index contributed by atoms with van der Waals surface area (Å²) in [6.07, 6.45) is 9.41. The molecule has 0 aromatic heterocycles. The van der Waals surface area contributed by atoms with Crippen molar-refractivity contribution in [3.63, 3.8) is 0 Å². The minimum Gasteiger partial charge on any atom is -0.311 e. The van der Waals surface area contributed by atoms with Crippen molar-refractivity contribution in [1.29, 1.82) is 0 Å². The van der Waals surface area contributed by atoms with E-state index in [1.807, 2.05) is 6.07 Å². The smallest absolute Gasteiger partial charge is 0.0408 e. The lowest BCUT2D eigenvalue weighted by molar-refractivity contribution is 0.271. The fraction of sp³-hybridized carbons (Fsp3) is 0.625. The molecule has 1 heterocycles. The Morgan fingerprint density at radius 1 is 1.22 bits per heavy atom. The number of nitrogens with one attached hydrogen (secondary N) is 1. The summed E-state index contributed by atoms with van der Waals surface area (Å²) in [5.74, 6) is 0.898. The summed E-state index contributed by atoms with van der Waals surface area (Å²) in [7, 11) is 0. The first kappa shape index (κ1) is 12.5. The maximum atomic E-state index is 6.11. The van der Waals surface area contributed by atoms with Crippen molar-refractivity contribution in [3.05, 3.63) is 34.9 Å². The zero-order valence-corrected chi connectivity index (χ0v) is 11.7. The lowest BCUT2D eigenvalue weighted by Gasteiger charge is -2.34. The van der Waals surface area contributed by atoms with Crippen LogP contribution in [0.1, 0.15) is 44.1 Å². The van der Waals surface area contributed by atoms with Gasteiger partial charge in [0.2, 0.25) is 0 Å². The molecule has 1 N–H and O–H groups in total. The van der Waals surface area contributed by atoms with Gasteiger partial charge >= 0.3 is 0 Å². The van der Waals surface area contributed by atoms with Crippen molar-refractivity contribution < 1.29 is 0 Å². The number of hydrogen-bond donors (Lipinski definition) is 1. The first-order chi connectivity index (χ1) is 8.78. The van der Waals surface area contributed by atoms with E-state index in [9.17, 15) is 0 Å². The molecule has 1 aromatic carbocycles. The Bertz CT molecular complexity index is 403. The van der Waals surface area contributed by atoms with Gasteiger partial charge in [0.1, 0.15) is 0 Å². The predicted octanol–water partition coefficient (Wildman–Crippen LogP) is 4.19. The van der Waals surface area contributed by atoms with Gasteiger partial charge in [0.25, 0.3) is 0 Å². The Morgan fingerprint density at radius 2 is 2.11 bits per heavy atom. The van der Waals surface area contributed by atoms with E-state index >= 15 is 0 Å². The highest BCUT2D eigenvalue weighted by atomic mass is 35.5. The average molecular weight is 264 g/mol. The topological polar surface area (TPSA) is 12.0 Å². The average Bonchev–Trinajstić information content (AvgIpc) is 3.16. The molecule has 0 bridgehead atoms. The molecule has 1 aromatic rings. The molecule has 1 saturated heterocycles. The fourth-order valence-electron chi connectivity index (χ4n) is 3.46. The summed E-state index contributed by atoms with van der Waals surface area (Å²) in [5, 5.41) is 4.75. The third kappa shape index (κ3) is 2.73. The van der Waals surface area contributed by atoms with Crippen LogP contribution in [-0.4, -0.2) is 12.1 Å². The summed E-state index contributed by atoms with van der Waals surface area (Å²) in [5.41, 5.74) is 1.75. The summed E-state index contributed by atoms with van der Waals surface area (Å²) < 4.78 is 0. The molecule has 1 nitrogen and oxygen atoms in total. The molecule has 1 unspecified atom stereocenters. The first-order valence-corrected chi connectivity index (χ1v) is 7.66. The fourth-order valence-corrected chi connectivity index (χ4v) is 3.67. The molecular weight excluding hydrogens is 242 g/mol. The summed E-state index contributed by atoms with van der Waals surface area (Å²) >= 11 is 6.11. The monoisotopic (exact) mass is 263 g/mol. The van der Waals surface area contributed by atoms with Gasteiger partial charge in [-0.3, -0.25) is 0 Å². The second kappa shape index (κ2) is 5.22. The lowest BCUT2D eigenvalue weighted by atomic mass is 9.82. The maximum absolute atomic E-state index is 6.11. The zero-order chi connectivity index (χ0) is 12.4. The van der Waals surface area contributed by atoms with E-state index in [1.165, 1.54) is 50.6 Å². The molecule has 1 saturated carbocycles. The van der Waals surface area contributed by atoms with Gasteiger partial charge < -0.3 is 5.32 Å². The summed E-state index contributed by atoms with van der Waals surface area (Å²) in [4.78, 5) is 0. The van der Waals surface area contributed by atoms with Gasteiger partial charge in [-0.1, -0.05) is 36.6 Å². The first-order valence-electron chi connectivity index (χ1n) is 7.28. The van der Waals surface area contributed by atoms with Crippen molar-refractivity contribution >= 4 is 11.6 Å². The molecule has 1 aliphatic carbocycles. The molecule has 1 aliphatic heterocycles. The van der Waals surface area contributed by atoms with Gasteiger partial charge in [-0.05, 0) is 62.3 Å². The Labute approximate surface area is 115 Å². The van der Waals surface area contributed by atoms with Gasteiger partial charge in [0.05, 0.1) is 0 Å². The van der Waals surface area contributed by atoms with E-state index in [2.05, 4.69) is 23.5 Å². The second-order valence-electron chi connectivity index (χ2n) is 5.97. The molecule has 0 amide bonds. The Morgan fingerprint density at radius 3 is 2.89 bits per heavy atom. The minimum absolute atomic E-state index is 0.362. The Hall–Kier alpha value is -0.530. The maximum Gasteiger partial charge on any atom is 0.0408 e. The molecular formula is C16H22ClN. The quantitative estimate of drug-likeness (QED) is 0.862. The SMILES string of the molecule is Clc1cccc(CC2(C3CC3)CCCCCN2)c1. The normalized spacial score (nSPS) is 28.9. The van der Waals surface area contributed by atoms with Crippen LogP contribution in [0, 0.1) is 5.92 Å². The van der Waals surface area contributed by atoms with E-state index in [0.717, 1.165) is 17.4 Å². The lowest BCUT2D eigenvalue weighted by Crippen LogP contribution is -2.48. The predicted molar refractivity (Wildman–Crippen MR) is 77.1 cm³/mol. The molecule has 0 spiro atoms. The Kier molecular flexibility index (Phi) is 3.63. The van der Waals surface area contributed by atoms with E-state index in [1.54, 1.807) is 0 Å². The standard InChI is InChI=1S/C16H22ClN/c17-15-6-4-5-13(11-15)12-16(14-7-8-14)9-2-1-3-10-18-16/h4-6,11,14,18H,1-3,7-10,12H2. The van der Waals surface area contributed by atoms with Gasteiger partial charge in [-0.2, -0.15) is 0 Å². The van der Waals surface area contributed by atoms with Gasteiger partial charge in [-0.15, -0.1) is 0 Å². The van der Waals surface area contributed by atoms with Crippen molar-refractivity contribution in [2.45, 2.75) is 50.5 Å². The van der Waals surface area contributed by atoms with Gasteiger partial charge in [0.15, 0.2) is 0 Å². The highest BCUT2D eigenvalue weighted by Crippen LogP contribution is 2.45. The molecule has 2 heteroatoms. The highest BCUT2D eigenvalue weighted by molar-refractivity contribution is 6.30. The van der Waals surface area contributed by atoms with Crippen molar-refractivity contribution in [3.8, 4) is 0 Å². The number of halogens is 1. The third-order valence-corrected chi connectivity index (χ3v) is 4.78. The van der Waals surface area contributed by atoms with Crippen LogP contribution in [0.5, 0.6) is 0 Å². The molecule has 98 valence electrons. The van der Waals surface area contributed by atoms with Gasteiger partial charge in [0, 0.05) is 10.6 Å². The number of benzene rings is 1. The summed E-state index contributed by atoms with van der Waals surface area (Å²) in [6, 6.07) is 8.41.